The molecule has 2 aromatic carbocycles. The zero-order valence-corrected chi connectivity index (χ0v) is 16.1. The van der Waals surface area contributed by atoms with Gasteiger partial charge in [-0.3, -0.25) is 0 Å². The molecule has 0 atom stereocenters. The number of guanidine groups is 1. The third-order valence-corrected chi connectivity index (χ3v) is 4.11. The van der Waals surface area contributed by atoms with Crippen molar-refractivity contribution >= 4 is 5.96 Å². The molecule has 0 aliphatic carbocycles. The second-order valence-corrected chi connectivity index (χ2v) is 6.37. The first-order valence-electron chi connectivity index (χ1n) is 9.20. The van der Waals surface area contributed by atoms with Crippen LogP contribution in [0.15, 0.2) is 64.2 Å². The van der Waals surface area contributed by atoms with Crippen LogP contribution in [0.4, 0.5) is 0 Å². The van der Waals surface area contributed by atoms with Crippen LogP contribution in [0.3, 0.4) is 0 Å². The summed E-state index contributed by atoms with van der Waals surface area (Å²) in [5.41, 5.74) is 4.57. The summed E-state index contributed by atoms with van der Waals surface area (Å²) in [7, 11) is 0. The summed E-state index contributed by atoms with van der Waals surface area (Å²) in [6.45, 7) is 5.79. The van der Waals surface area contributed by atoms with E-state index in [9.17, 15) is 0 Å². The Morgan fingerprint density at radius 2 is 2.00 bits per heavy atom. The molecule has 142 valence electrons. The first kappa shape index (κ1) is 19.2. The molecule has 1 aromatic heterocycles. The van der Waals surface area contributed by atoms with Crippen molar-refractivity contribution in [2.75, 3.05) is 6.54 Å². The molecule has 0 spiro atoms. The highest BCUT2D eigenvalue weighted by Crippen LogP contribution is 2.19. The van der Waals surface area contributed by atoms with Gasteiger partial charge in [-0.25, -0.2) is 9.98 Å². The molecule has 0 radical (unpaired) electrons. The van der Waals surface area contributed by atoms with Crippen LogP contribution >= 0.6 is 0 Å². The lowest BCUT2D eigenvalue weighted by atomic mass is 10.1. The van der Waals surface area contributed by atoms with E-state index in [0.29, 0.717) is 30.5 Å². The standard InChI is InChI=1S/C22H23N5O/c1-3-24-22(25-13-18-6-4-5-17(11-18)12-23)26-14-20-15-28-21(27-20)19-9-7-16(2)8-10-19/h4-11,15H,3,13-14H2,1-2H3,(H2,24,25,26). The average molecular weight is 373 g/mol. The smallest absolute Gasteiger partial charge is 0.226 e. The maximum Gasteiger partial charge on any atom is 0.226 e. The fourth-order valence-corrected chi connectivity index (χ4v) is 2.64. The van der Waals surface area contributed by atoms with Crippen molar-refractivity contribution in [3.63, 3.8) is 0 Å². The number of nitriles is 1. The number of nitrogens with zero attached hydrogens (tertiary/aromatic N) is 3. The Kier molecular flexibility index (Phi) is 6.42. The number of nitrogens with one attached hydrogen (secondary N) is 2. The zero-order valence-electron chi connectivity index (χ0n) is 16.1. The highest BCUT2D eigenvalue weighted by atomic mass is 16.3. The third-order valence-electron chi connectivity index (χ3n) is 4.11. The van der Waals surface area contributed by atoms with Gasteiger partial charge < -0.3 is 15.1 Å². The van der Waals surface area contributed by atoms with Gasteiger partial charge in [0.15, 0.2) is 5.96 Å². The van der Waals surface area contributed by atoms with Gasteiger partial charge >= 0.3 is 0 Å². The number of rotatable bonds is 6. The molecule has 3 rings (SSSR count). The van der Waals surface area contributed by atoms with Crippen LogP contribution in [-0.2, 0) is 13.1 Å². The van der Waals surface area contributed by atoms with Gasteiger partial charge in [-0.1, -0.05) is 29.8 Å². The highest BCUT2D eigenvalue weighted by Gasteiger charge is 2.07. The van der Waals surface area contributed by atoms with Crippen molar-refractivity contribution in [3.05, 3.63) is 77.2 Å². The molecule has 0 aliphatic rings. The molecule has 0 fully saturated rings. The molecule has 3 aromatic rings. The predicted octanol–water partition coefficient (Wildman–Crippen LogP) is 3.78. The van der Waals surface area contributed by atoms with Crippen LogP contribution in [0.2, 0.25) is 0 Å². The highest BCUT2D eigenvalue weighted by molar-refractivity contribution is 5.79. The molecule has 0 amide bonds. The topological polar surface area (TPSA) is 86.2 Å². The summed E-state index contributed by atoms with van der Waals surface area (Å²) >= 11 is 0. The summed E-state index contributed by atoms with van der Waals surface area (Å²) in [6, 6.07) is 17.7. The van der Waals surface area contributed by atoms with Crippen LogP contribution in [0, 0.1) is 18.3 Å². The molecule has 2 N–H and O–H groups in total. The minimum Gasteiger partial charge on any atom is -0.444 e. The van der Waals surface area contributed by atoms with Gasteiger partial charge in [0, 0.05) is 12.1 Å². The second-order valence-electron chi connectivity index (χ2n) is 6.37. The number of aryl methyl sites for hydroxylation is 1. The molecular formula is C22H23N5O. The molecule has 0 unspecified atom stereocenters. The van der Waals surface area contributed by atoms with Gasteiger partial charge in [0.05, 0.1) is 30.4 Å². The molecule has 1 heterocycles. The van der Waals surface area contributed by atoms with Crippen LogP contribution in [-0.4, -0.2) is 17.5 Å². The summed E-state index contributed by atoms with van der Waals surface area (Å²) in [6.07, 6.45) is 1.65. The SMILES string of the molecule is CCNC(=NCc1cccc(C#N)c1)NCc1coc(-c2ccc(C)cc2)n1. The first-order chi connectivity index (χ1) is 13.7. The van der Waals surface area contributed by atoms with E-state index in [1.54, 1.807) is 12.3 Å². The molecule has 28 heavy (non-hydrogen) atoms. The number of oxazole rings is 1. The third kappa shape index (κ3) is 5.21. The van der Waals surface area contributed by atoms with Crippen LogP contribution in [0.5, 0.6) is 0 Å². The van der Waals surface area contributed by atoms with Crippen molar-refractivity contribution in [1.29, 1.82) is 5.26 Å². The minimum atomic E-state index is 0.484. The van der Waals surface area contributed by atoms with Gasteiger partial charge in [0.25, 0.3) is 0 Å². The number of benzene rings is 2. The van der Waals surface area contributed by atoms with Crippen LogP contribution in [0.1, 0.15) is 29.3 Å². The van der Waals surface area contributed by atoms with Crippen molar-refractivity contribution in [3.8, 4) is 17.5 Å². The molecule has 6 heteroatoms. The van der Waals surface area contributed by atoms with Gasteiger partial charge in [0.2, 0.25) is 5.89 Å². The fourth-order valence-electron chi connectivity index (χ4n) is 2.64. The predicted molar refractivity (Wildman–Crippen MR) is 109 cm³/mol. The van der Waals surface area contributed by atoms with E-state index in [1.165, 1.54) is 5.56 Å². The molecule has 0 bridgehead atoms. The average Bonchev–Trinajstić information content (AvgIpc) is 3.20. The Labute approximate surface area is 165 Å². The lowest BCUT2D eigenvalue weighted by Gasteiger charge is -2.10. The van der Waals surface area contributed by atoms with E-state index in [1.807, 2.05) is 56.3 Å². The summed E-state index contributed by atoms with van der Waals surface area (Å²) in [5.74, 6) is 1.29. The van der Waals surface area contributed by atoms with Crippen LogP contribution in [0.25, 0.3) is 11.5 Å². The molecule has 6 nitrogen and oxygen atoms in total. The molecule has 0 saturated heterocycles. The van der Waals surface area contributed by atoms with Gasteiger partial charge in [-0.2, -0.15) is 5.26 Å². The Morgan fingerprint density at radius 3 is 2.75 bits per heavy atom. The largest absolute Gasteiger partial charge is 0.444 e. The maximum atomic E-state index is 9.01. The van der Waals surface area contributed by atoms with E-state index in [-0.39, 0.29) is 0 Å². The Balaban J connectivity index is 1.63. The summed E-state index contributed by atoms with van der Waals surface area (Å²) in [5, 5.41) is 15.5. The van der Waals surface area contributed by atoms with Crippen LogP contribution < -0.4 is 10.6 Å². The van der Waals surface area contributed by atoms with E-state index < -0.39 is 0 Å². The Bertz CT molecular complexity index is 983. The normalized spacial score (nSPS) is 11.1. The lowest BCUT2D eigenvalue weighted by molar-refractivity contribution is 0.572. The van der Waals surface area contributed by atoms with Gasteiger partial charge in [0.1, 0.15) is 6.26 Å². The first-order valence-corrected chi connectivity index (χ1v) is 9.20. The Morgan fingerprint density at radius 1 is 1.18 bits per heavy atom. The number of hydrogen-bond acceptors (Lipinski definition) is 4. The van der Waals surface area contributed by atoms with E-state index in [2.05, 4.69) is 26.7 Å². The van der Waals surface area contributed by atoms with Crippen molar-refractivity contribution in [1.82, 2.24) is 15.6 Å². The Hall–Kier alpha value is -3.59. The second kappa shape index (κ2) is 9.38. The number of aromatic nitrogens is 1. The maximum absolute atomic E-state index is 9.01. The molecular weight excluding hydrogens is 350 g/mol. The quantitative estimate of drug-likeness (QED) is 0.507. The summed E-state index contributed by atoms with van der Waals surface area (Å²) < 4.78 is 5.60. The molecule has 0 saturated carbocycles. The minimum absolute atomic E-state index is 0.484. The van der Waals surface area contributed by atoms with E-state index in [0.717, 1.165) is 23.4 Å². The zero-order chi connectivity index (χ0) is 19.8. The monoisotopic (exact) mass is 373 g/mol. The summed E-state index contributed by atoms with van der Waals surface area (Å²) in [4.78, 5) is 9.11. The van der Waals surface area contributed by atoms with Gasteiger partial charge in [-0.05, 0) is 43.7 Å². The van der Waals surface area contributed by atoms with Crippen molar-refractivity contribution < 1.29 is 4.42 Å². The van der Waals surface area contributed by atoms with E-state index >= 15 is 0 Å². The molecule has 0 aliphatic heterocycles. The number of hydrogen-bond donors (Lipinski definition) is 2. The number of aliphatic imine (C=N–C) groups is 1. The van der Waals surface area contributed by atoms with Crippen molar-refractivity contribution in [2.24, 2.45) is 4.99 Å². The van der Waals surface area contributed by atoms with Gasteiger partial charge in [-0.15, -0.1) is 0 Å². The van der Waals surface area contributed by atoms with Crippen molar-refractivity contribution in [2.45, 2.75) is 26.9 Å². The fraction of sp³-hybridized carbons (Fsp3) is 0.227. The lowest BCUT2D eigenvalue weighted by Crippen LogP contribution is -2.36. The van der Waals surface area contributed by atoms with E-state index in [4.69, 9.17) is 9.68 Å².